The van der Waals surface area contributed by atoms with Crippen molar-refractivity contribution in [1.82, 2.24) is 0 Å². The zero-order chi connectivity index (χ0) is 23.3. The van der Waals surface area contributed by atoms with E-state index in [-0.39, 0.29) is 29.1 Å². The highest BCUT2D eigenvalue weighted by atomic mass is 19.1. The van der Waals surface area contributed by atoms with E-state index >= 15 is 0 Å². The third kappa shape index (κ3) is 3.93. The van der Waals surface area contributed by atoms with E-state index in [4.69, 9.17) is 4.74 Å². The van der Waals surface area contributed by atoms with Gasteiger partial charge in [-0.25, -0.2) is 13.6 Å². The normalized spacial score (nSPS) is 28.5. The Bertz CT molecular complexity index is 1110. The Morgan fingerprint density at radius 3 is 2.70 bits per heavy atom. The Labute approximate surface area is 190 Å². The van der Waals surface area contributed by atoms with Crippen LogP contribution in [0.25, 0.3) is 0 Å². The number of aryl methyl sites for hydroxylation is 1. The molecule has 174 valence electrons. The van der Waals surface area contributed by atoms with Crippen LogP contribution in [0.15, 0.2) is 48.6 Å². The average molecular weight is 456 g/mol. The van der Waals surface area contributed by atoms with Gasteiger partial charge >= 0.3 is 5.97 Å². The molecule has 0 aromatic heterocycles. The molecular weight excluding hydrogens is 430 g/mol. The van der Waals surface area contributed by atoms with Crippen LogP contribution in [0, 0.1) is 23.5 Å². The second kappa shape index (κ2) is 8.22. The van der Waals surface area contributed by atoms with Crippen LogP contribution >= 0.6 is 0 Å². The van der Waals surface area contributed by atoms with E-state index in [1.807, 2.05) is 0 Å². The minimum Gasteiger partial charge on any atom is -0.490 e. The second-order valence-electron chi connectivity index (χ2n) is 9.48. The molecule has 2 aromatic carbocycles. The fourth-order valence-electron chi connectivity index (χ4n) is 5.53. The summed E-state index contributed by atoms with van der Waals surface area (Å²) < 4.78 is 34.2. The third-order valence-corrected chi connectivity index (χ3v) is 7.56. The highest BCUT2D eigenvalue weighted by molar-refractivity contribution is 5.88. The zero-order valence-electron chi connectivity index (χ0n) is 18.0. The van der Waals surface area contributed by atoms with Crippen LogP contribution in [-0.2, 0) is 11.8 Å². The van der Waals surface area contributed by atoms with Crippen LogP contribution in [0.5, 0.6) is 5.75 Å². The molecule has 3 aliphatic rings. The summed E-state index contributed by atoms with van der Waals surface area (Å²) in [6.45, 7) is 0. The van der Waals surface area contributed by atoms with Crippen LogP contribution in [0.1, 0.15) is 47.2 Å². The van der Waals surface area contributed by atoms with E-state index in [1.165, 1.54) is 6.07 Å². The number of fused-ring (bicyclic) bond motifs is 2. The molecule has 5 atom stereocenters. The lowest BCUT2D eigenvalue weighted by Gasteiger charge is -2.24. The number of halogens is 2. The number of hydrogen-bond acceptors (Lipinski definition) is 4. The van der Waals surface area contributed by atoms with Gasteiger partial charge in [-0.1, -0.05) is 18.2 Å². The van der Waals surface area contributed by atoms with Crippen molar-refractivity contribution in [2.75, 3.05) is 0 Å². The van der Waals surface area contributed by atoms with Gasteiger partial charge in [0.05, 0.1) is 17.8 Å². The molecule has 0 spiro atoms. The maximum Gasteiger partial charge on any atom is 0.335 e. The minimum absolute atomic E-state index is 0.00909. The summed E-state index contributed by atoms with van der Waals surface area (Å²) in [5, 5.41) is 30.9. The lowest BCUT2D eigenvalue weighted by atomic mass is 9.85. The number of aliphatic hydroxyl groups excluding tert-OH is 2. The summed E-state index contributed by atoms with van der Waals surface area (Å²) >= 11 is 0. The number of aromatic carboxylic acids is 1. The Balaban J connectivity index is 1.34. The largest absolute Gasteiger partial charge is 0.490 e. The van der Waals surface area contributed by atoms with Crippen molar-refractivity contribution >= 4 is 5.97 Å². The Hall–Kier alpha value is -2.77. The Morgan fingerprint density at radius 2 is 1.97 bits per heavy atom. The molecule has 2 saturated carbocycles. The molecule has 7 heteroatoms. The summed E-state index contributed by atoms with van der Waals surface area (Å²) in [6, 6.07) is 8.17. The maximum atomic E-state index is 14.3. The number of benzene rings is 2. The van der Waals surface area contributed by atoms with Crippen molar-refractivity contribution in [2.45, 2.75) is 55.8 Å². The highest BCUT2D eigenvalue weighted by Crippen LogP contribution is 2.52. The Morgan fingerprint density at radius 1 is 1.18 bits per heavy atom. The number of ether oxygens (including phenoxy) is 1. The molecule has 1 aliphatic heterocycles. The van der Waals surface area contributed by atoms with Crippen LogP contribution in [-0.4, -0.2) is 39.6 Å². The molecule has 0 saturated heterocycles. The number of hydrogen-bond donors (Lipinski definition) is 3. The van der Waals surface area contributed by atoms with Gasteiger partial charge < -0.3 is 20.1 Å². The summed E-state index contributed by atoms with van der Waals surface area (Å²) in [5.41, 5.74) is 0.441. The van der Waals surface area contributed by atoms with Gasteiger partial charge in [-0.3, -0.25) is 0 Å². The van der Waals surface area contributed by atoms with Gasteiger partial charge in [0.15, 0.2) is 0 Å². The van der Waals surface area contributed by atoms with E-state index in [2.05, 4.69) is 0 Å². The minimum atomic E-state index is -1.02. The lowest BCUT2D eigenvalue weighted by molar-refractivity contribution is 0.0695. The standard InChI is InChI=1S/C26H26F2O5/c27-16-4-7-20(28)19(12-16)26(9-10-26)24(30)8-6-17-18-5-3-14-1-2-15(25(31)32)11-22(14)33-23(18)13-21(17)29/h1-2,4,6-8,11-12,17-18,21,23-24,29-30H,3,5,9-10,13H2,(H,31,32)/b8-6+/t17-,18-,21-,23+,24?/m1/s1. The molecule has 0 amide bonds. The predicted octanol–water partition coefficient (Wildman–Crippen LogP) is 4.00. The number of carboxylic acids is 1. The van der Waals surface area contributed by atoms with E-state index in [0.717, 1.165) is 30.2 Å². The molecule has 3 N–H and O–H groups in total. The van der Waals surface area contributed by atoms with Gasteiger partial charge in [0, 0.05) is 23.7 Å². The van der Waals surface area contributed by atoms with E-state index in [0.29, 0.717) is 31.4 Å². The fraction of sp³-hybridized carbons (Fsp3) is 0.423. The van der Waals surface area contributed by atoms with E-state index < -0.39 is 35.2 Å². The van der Waals surface area contributed by atoms with Crippen LogP contribution in [0.3, 0.4) is 0 Å². The second-order valence-corrected chi connectivity index (χ2v) is 9.48. The quantitative estimate of drug-likeness (QED) is 0.592. The van der Waals surface area contributed by atoms with Crippen molar-refractivity contribution in [1.29, 1.82) is 0 Å². The van der Waals surface area contributed by atoms with Crippen LogP contribution in [0.4, 0.5) is 8.78 Å². The number of rotatable bonds is 5. The molecule has 1 unspecified atom stereocenters. The number of carboxylic acid groups (broad SMARTS) is 1. The molecular formula is C26H26F2O5. The molecule has 0 bridgehead atoms. The molecule has 5 rings (SSSR count). The van der Waals surface area contributed by atoms with Crippen molar-refractivity contribution < 1.29 is 33.6 Å². The average Bonchev–Trinajstić information content (AvgIpc) is 3.56. The van der Waals surface area contributed by atoms with Crippen LogP contribution < -0.4 is 4.74 Å². The first-order chi connectivity index (χ1) is 15.8. The SMILES string of the molecule is O=C(O)c1ccc2c(c1)O[C@H]1C[C@@H](O)[C@H](/C=C/C(O)C3(c4cc(F)ccc4F)CC3)[C@H]1CC2. The van der Waals surface area contributed by atoms with E-state index in [9.17, 15) is 28.9 Å². The molecule has 33 heavy (non-hydrogen) atoms. The number of carbonyl (C=O) groups is 1. The topological polar surface area (TPSA) is 87.0 Å². The van der Waals surface area contributed by atoms with E-state index in [1.54, 1.807) is 24.3 Å². The zero-order valence-corrected chi connectivity index (χ0v) is 18.0. The van der Waals surface area contributed by atoms with Crippen molar-refractivity contribution in [3.63, 3.8) is 0 Å². The first-order valence-electron chi connectivity index (χ1n) is 11.3. The number of aliphatic hydroxyl groups is 2. The summed E-state index contributed by atoms with van der Waals surface area (Å²) in [7, 11) is 0. The molecule has 5 nitrogen and oxygen atoms in total. The molecule has 2 fully saturated rings. The van der Waals surface area contributed by atoms with Crippen molar-refractivity contribution in [3.8, 4) is 5.75 Å². The van der Waals surface area contributed by atoms with Gasteiger partial charge in [-0.05, 0) is 67.1 Å². The van der Waals surface area contributed by atoms with Gasteiger partial charge in [0.25, 0.3) is 0 Å². The molecule has 2 aromatic rings. The smallest absolute Gasteiger partial charge is 0.335 e. The van der Waals surface area contributed by atoms with Crippen LogP contribution in [0.2, 0.25) is 0 Å². The fourth-order valence-corrected chi connectivity index (χ4v) is 5.53. The summed E-state index contributed by atoms with van der Waals surface area (Å²) in [6.07, 6.45) is 4.40. The highest BCUT2D eigenvalue weighted by Gasteiger charge is 2.51. The van der Waals surface area contributed by atoms with Crippen molar-refractivity contribution in [2.24, 2.45) is 11.8 Å². The maximum absolute atomic E-state index is 14.3. The first kappa shape index (κ1) is 22.0. The lowest BCUT2D eigenvalue weighted by Crippen LogP contribution is -2.27. The molecule has 0 radical (unpaired) electrons. The van der Waals surface area contributed by atoms with Gasteiger partial charge in [-0.2, -0.15) is 0 Å². The first-order valence-corrected chi connectivity index (χ1v) is 11.3. The summed E-state index contributed by atoms with van der Waals surface area (Å²) in [5.74, 6) is -1.82. The monoisotopic (exact) mass is 456 g/mol. The third-order valence-electron chi connectivity index (χ3n) is 7.56. The molecule has 1 heterocycles. The van der Waals surface area contributed by atoms with Crippen molar-refractivity contribution in [3.05, 3.63) is 76.9 Å². The van der Waals surface area contributed by atoms with Gasteiger partial charge in [0.1, 0.15) is 23.5 Å². The van der Waals surface area contributed by atoms with Gasteiger partial charge in [0.2, 0.25) is 0 Å². The summed E-state index contributed by atoms with van der Waals surface area (Å²) in [4.78, 5) is 11.3. The molecule has 2 aliphatic carbocycles. The Kier molecular flexibility index (Phi) is 5.49. The predicted molar refractivity (Wildman–Crippen MR) is 116 cm³/mol. The van der Waals surface area contributed by atoms with Gasteiger partial charge in [-0.15, -0.1) is 0 Å².